The fraction of sp³-hybridized carbons (Fsp3) is 0.474. The summed E-state index contributed by atoms with van der Waals surface area (Å²) in [4.78, 5) is 0. The van der Waals surface area contributed by atoms with Gasteiger partial charge in [0.1, 0.15) is 11.4 Å². The first-order valence-corrected chi connectivity index (χ1v) is 8.08. The molecule has 1 heterocycles. The highest BCUT2D eigenvalue weighted by atomic mass is 16.6. The van der Waals surface area contributed by atoms with Gasteiger partial charge in [-0.2, -0.15) is 0 Å². The van der Waals surface area contributed by atoms with Crippen LogP contribution in [0.1, 0.15) is 52.4 Å². The molecule has 0 aliphatic rings. The average molecular weight is 315 g/mol. The minimum atomic E-state index is 0.124. The second-order valence-corrected chi connectivity index (χ2v) is 6.67. The Bertz CT molecular complexity index is 613. The lowest BCUT2D eigenvalue weighted by molar-refractivity contribution is 0.303. The van der Waals surface area contributed by atoms with E-state index in [-0.39, 0.29) is 11.3 Å². The van der Waals surface area contributed by atoms with Gasteiger partial charge in [-0.25, -0.2) is 4.63 Å². The lowest BCUT2D eigenvalue weighted by atomic mass is 9.84. The van der Waals surface area contributed by atoms with Crippen molar-refractivity contribution in [2.24, 2.45) is 17.1 Å². The molecule has 4 heteroatoms. The van der Waals surface area contributed by atoms with E-state index in [2.05, 4.69) is 63.2 Å². The second-order valence-electron chi connectivity index (χ2n) is 6.67. The largest absolute Gasteiger partial charge is 0.405 e. The Balaban J connectivity index is 3.12. The number of rotatable bonds is 6. The normalized spacial score (nSPS) is 15.7. The summed E-state index contributed by atoms with van der Waals surface area (Å²) in [7, 11) is 0. The maximum absolute atomic E-state index is 5.48. The van der Waals surface area contributed by atoms with E-state index in [1.807, 2.05) is 13.0 Å². The maximum atomic E-state index is 5.48. The standard InChI is InChI=1S/C19H29N3O/c1-7-9-16(19(4,5)6)12-11-14(2)17(10-8-13-20)18-15(3)21-23-22-18/h8-14H,7,20H2,1-6H3/b12-11-,13-8+,16-9+,17-10-. The summed E-state index contributed by atoms with van der Waals surface area (Å²) in [6, 6.07) is 0. The highest BCUT2D eigenvalue weighted by Gasteiger charge is 2.17. The number of aryl methyl sites for hydroxylation is 1. The van der Waals surface area contributed by atoms with Gasteiger partial charge in [-0.15, -0.1) is 0 Å². The summed E-state index contributed by atoms with van der Waals surface area (Å²) >= 11 is 0. The molecule has 0 amide bonds. The first-order chi connectivity index (χ1) is 10.8. The van der Waals surface area contributed by atoms with E-state index in [1.54, 1.807) is 6.08 Å². The highest BCUT2D eigenvalue weighted by molar-refractivity contribution is 5.68. The Kier molecular flexibility index (Phi) is 7.01. The third-order valence-corrected chi connectivity index (χ3v) is 3.66. The lowest BCUT2D eigenvalue weighted by Gasteiger charge is -2.21. The van der Waals surface area contributed by atoms with Crippen LogP contribution >= 0.6 is 0 Å². The molecule has 0 bridgehead atoms. The van der Waals surface area contributed by atoms with Crippen LogP contribution in [-0.4, -0.2) is 10.3 Å². The van der Waals surface area contributed by atoms with Crippen molar-refractivity contribution in [1.29, 1.82) is 0 Å². The van der Waals surface area contributed by atoms with Gasteiger partial charge in [0.25, 0.3) is 0 Å². The van der Waals surface area contributed by atoms with Gasteiger partial charge in [-0.1, -0.05) is 64.1 Å². The quantitative estimate of drug-likeness (QED) is 0.765. The SMILES string of the molecule is CC/C=C(\C=C/C(C)/C(=C/C=C/N)c1nonc1C)C(C)(C)C. The Labute approximate surface area is 139 Å². The predicted octanol–water partition coefficient (Wildman–Crippen LogP) is 4.81. The van der Waals surface area contributed by atoms with Gasteiger partial charge < -0.3 is 5.73 Å². The summed E-state index contributed by atoms with van der Waals surface area (Å²) in [5.74, 6) is 0.166. The van der Waals surface area contributed by atoms with Crippen LogP contribution in [0.2, 0.25) is 0 Å². The fourth-order valence-electron chi connectivity index (χ4n) is 2.29. The molecular weight excluding hydrogens is 286 g/mol. The zero-order chi connectivity index (χ0) is 17.5. The summed E-state index contributed by atoms with van der Waals surface area (Å²) in [6.45, 7) is 12.9. The minimum absolute atomic E-state index is 0.124. The van der Waals surface area contributed by atoms with Gasteiger partial charge in [-0.3, -0.25) is 0 Å². The molecule has 1 atom stereocenters. The third-order valence-electron chi connectivity index (χ3n) is 3.66. The molecule has 0 aliphatic carbocycles. The van der Waals surface area contributed by atoms with Gasteiger partial charge in [0, 0.05) is 5.92 Å². The van der Waals surface area contributed by atoms with Crippen LogP contribution in [0.25, 0.3) is 5.57 Å². The van der Waals surface area contributed by atoms with Crippen molar-refractivity contribution in [1.82, 2.24) is 10.3 Å². The molecule has 1 unspecified atom stereocenters. The third kappa shape index (κ3) is 5.55. The first-order valence-electron chi connectivity index (χ1n) is 8.08. The van der Waals surface area contributed by atoms with Gasteiger partial charge in [0.2, 0.25) is 0 Å². The molecule has 0 radical (unpaired) electrons. The van der Waals surface area contributed by atoms with E-state index in [9.17, 15) is 0 Å². The van der Waals surface area contributed by atoms with Gasteiger partial charge in [0.15, 0.2) is 0 Å². The first kappa shape index (κ1) is 18.9. The molecular formula is C19H29N3O. The van der Waals surface area contributed by atoms with Crippen molar-refractivity contribution in [3.8, 4) is 0 Å². The van der Waals surface area contributed by atoms with Crippen molar-refractivity contribution in [3.05, 3.63) is 53.5 Å². The molecule has 4 nitrogen and oxygen atoms in total. The van der Waals surface area contributed by atoms with Crippen molar-refractivity contribution in [3.63, 3.8) is 0 Å². The fourth-order valence-corrected chi connectivity index (χ4v) is 2.29. The summed E-state index contributed by atoms with van der Waals surface area (Å²) < 4.78 is 4.84. The molecule has 1 aromatic heterocycles. The predicted molar refractivity (Wildman–Crippen MR) is 96.5 cm³/mol. The molecule has 0 fully saturated rings. The second kappa shape index (κ2) is 8.51. The summed E-state index contributed by atoms with van der Waals surface area (Å²) in [5, 5.41) is 7.90. The highest BCUT2D eigenvalue weighted by Crippen LogP contribution is 2.30. The van der Waals surface area contributed by atoms with Crippen molar-refractivity contribution in [2.75, 3.05) is 0 Å². The van der Waals surface area contributed by atoms with Crippen LogP contribution in [0, 0.1) is 18.3 Å². The van der Waals surface area contributed by atoms with Gasteiger partial charge >= 0.3 is 0 Å². The van der Waals surface area contributed by atoms with E-state index in [0.29, 0.717) is 0 Å². The molecule has 0 saturated carbocycles. The van der Waals surface area contributed by atoms with E-state index >= 15 is 0 Å². The van der Waals surface area contributed by atoms with E-state index in [4.69, 9.17) is 10.4 Å². The minimum Gasteiger partial charge on any atom is -0.405 e. The molecule has 23 heavy (non-hydrogen) atoms. The van der Waals surface area contributed by atoms with Crippen molar-refractivity contribution >= 4 is 5.57 Å². The maximum Gasteiger partial charge on any atom is 0.134 e. The van der Waals surface area contributed by atoms with E-state index in [0.717, 1.165) is 23.4 Å². The molecule has 1 rings (SSSR count). The van der Waals surface area contributed by atoms with Crippen LogP contribution in [0.4, 0.5) is 0 Å². The molecule has 2 N–H and O–H groups in total. The van der Waals surface area contributed by atoms with Crippen LogP contribution in [0.15, 0.2) is 46.8 Å². The number of allylic oxidation sites excluding steroid dienone is 7. The van der Waals surface area contributed by atoms with Crippen LogP contribution in [0.3, 0.4) is 0 Å². The Morgan fingerprint density at radius 1 is 1.30 bits per heavy atom. The van der Waals surface area contributed by atoms with Crippen LogP contribution in [-0.2, 0) is 0 Å². The number of nitrogens with two attached hydrogens (primary N) is 1. The Hall–Kier alpha value is -2.10. The number of hydrogen-bond acceptors (Lipinski definition) is 4. The zero-order valence-corrected chi connectivity index (χ0v) is 15.1. The summed E-state index contributed by atoms with van der Waals surface area (Å²) in [6.07, 6.45) is 13.0. The molecule has 0 spiro atoms. The van der Waals surface area contributed by atoms with Gasteiger partial charge in [0.05, 0.1) is 0 Å². The van der Waals surface area contributed by atoms with Crippen molar-refractivity contribution < 1.29 is 4.63 Å². The molecule has 0 aliphatic heterocycles. The molecule has 0 saturated heterocycles. The van der Waals surface area contributed by atoms with Crippen LogP contribution in [0.5, 0.6) is 0 Å². The topological polar surface area (TPSA) is 64.9 Å². The molecule has 0 aromatic carbocycles. The number of hydrogen-bond donors (Lipinski definition) is 1. The average Bonchev–Trinajstić information content (AvgIpc) is 2.89. The smallest absolute Gasteiger partial charge is 0.134 e. The van der Waals surface area contributed by atoms with E-state index < -0.39 is 0 Å². The Morgan fingerprint density at radius 2 is 2.00 bits per heavy atom. The zero-order valence-electron chi connectivity index (χ0n) is 15.1. The van der Waals surface area contributed by atoms with Crippen LogP contribution < -0.4 is 5.73 Å². The molecule has 1 aromatic rings. The number of aromatic nitrogens is 2. The Morgan fingerprint density at radius 3 is 2.48 bits per heavy atom. The van der Waals surface area contributed by atoms with Crippen molar-refractivity contribution in [2.45, 2.75) is 48.0 Å². The lowest BCUT2D eigenvalue weighted by Crippen LogP contribution is -2.08. The van der Waals surface area contributed by atoms with E-state index in [1.165, 1.54) is 11.8 Å². The monoisotopic (exact) mass is 315 g/mol. The summed E-state index contributed by atoms with van der Waals surface area (Å²) in [5.41, 5.74) is 9.52. The number of nitrogens with zero attached hydrogens (tertiary/aromatic N) is 2. The molecule has 126 valence electrons. The van der Waals surface area contributed by atoms with Gasteiger partial charge in [-0.05, 0) is 47.3 Å².